The van der Waals surface area contributed by atoms with Crippen molar-refractivity contribution in [1.29, 1.82) is 0 Å². The normalized spacial score (nSPS) is 18.1. The van der Waals surface area contributed by atoms with E-state index >= 15 is 0 Å². The minimum Gasteiger partial charge on any atom is -0.507 e. The van der Waals surface area contributed by atoms with Crippen LogP contribution in [0.15, 0.2) is 12.1 Å². The van der Waals surface area contributed by atoms with E-state index in [9.17, 15) is 9.90 Å². The summed E-state index contributed by atoms with van der Waals surface area (Å²) in [6, 6.07) is 3.59. The van der Waals surface area contributed by atoms with Gasteiger partial charge in [0.25, 0.3) is 5.91 Å². The van der Waals surface area contributed by atoms with Crippen LogP contribution in [0.3, 0.4) is 0 Å². The summed E-state index contributed by atoms with van der Waals surface area (Å²) in [6.07, 6.45) is 5.61. The van der Waals surface area contributed by atoms with Gasteiger partial charge in [-0.1, -0.05) is 25.3 Å². The van der Waals surface area contributed by atoms with Gasteiger partial charge in [-0.05, 0) is 50.8 Å². The summed E-state index contributed by atoms with van der Waals surface area (Å²) in [7, 11) is 0. The number of hydrogen-bond acceptors (Lipinski definition) is 2. The third kappa shape index (κ3) is 2.91. The van der Waals surface area contributed by atoms with E-state index in [1.807, 2.05) is 19.9 Å². The van der Waals surface area contributed by atoms with E-state index in [-0.39, 0.29) is 17.2 Å². The zero-order valence-electron chi connectivity index (χ0n) is 12.0. The molecule has 1 fully saturated rings. The highest BCUT2D eigenvalue weighted by atomic mass is 16.3. The van der Waals surface area contributed by atoms with Crippen molar-refractivity contribution in [2.75, 3.05) is 0 Å². The van der Waals surface area contributed by atoms with E-state index in [2.05, 4.69) is 12.2 Å². The zero-order chi connectivity index (χ0) is 14.0. The van der Waals surface area contributed by atoms with Crippen molar-refractivity contribution in [2.45, 2.75) is 58.4 Å². The van der Waals surface area contributed by atoms with Crippen molar-refractivity contribution in [3.63, 3.8) is 0 Å². The van der Waals surface area contributed by atoms with Gasteiger partial charge in [0.1, 0.15) is 5.75 Å². The molecule has 1 aromatic carbocycles. The fourth-order valence-electron chi connectivity index (χ4n) is 2.78. The molecule has 1 aliphatic carbocycles. The first-order chi connectivity index (χ1) is 8.93. The zero-order valence-corrected chi connectivity index (χ0v) is 12.0. The lowest BCUT2D eigenvalue weighted by molar-refractivity contribution is 0.0880. The van der Waals surface area contributed by atoms with Crippen molar-refractivity contribution in [3.05, 3.63) is 28.8 Å². The summed E-state index contributed by atoms with van der Waals surface area (Å²) in [5, 5.41) is 13.2. The van der Waals surface area contributed by atoms with Gasteiger partial charge in [0.2, 0.25) is 0 Å². The Labute approximate surface area is 115 Å². The molecule has 104 valence electrons. The second-order valence-corrected chi connectivity index (χ2v) is 5.98. The van der Waals surface area contributed by atoms with Crippen molar-refractivity contribution >= 4 is 5.91 Å². The van der Waals surface area contributed by atoms with Gasteiger partial charge < -0.3 is 10.4 Å². The van der Waals surface area contributed by atoms with Crippen LogP contribution in [0.4, 0.5) is 0 Å². The van der Waals surface area contributed by atoms with Crippen LogP contribution >= 0.6 is 0 Å². The second kappa shape index (κ2) is 5.24. The Kier molecular flexibility index (Phi) is 3.83. The summed E-state index contributed by atoms with van der Waals surface area (Å²) in [6.45, 7) is 5.87. The summed E-state index contributed by atoms with van der Waals surface area (Å²) >= 11 is 0. The van der Waals surface area contributed by atoms with E-state index in [4.69, 9.17) is 0 Å². The molecule has 0 aromatic heterocycles. The van der Waals surface area contributed by atoms with Gasteiger partial charge in [-0.2, -0.15) is 0 Å². The summed E-state index contributed by atoms with van der Waals surface area (Å²) in [5.41, 5.74) is 2.04. The molecule has 1 amide bonds. The Hall–Kier alpha value is -1.51. The smallest absolute Gasteiger partial charge is 0.255 e. The lowest BCUT2D eigenvalue weighted by Crippen LogP contribution is -2.47. The number of hydrogen-bond donors (Lipinski definition) is 2. The summed E-state index contributed by atoms with van der Waals surface area (Å²) in [5.74, 6) is -0.0538. The van der Waals surface area contributed by atoms with Gasteiger partial charge in [0.15, 0.2) is 0 Å². The molecule has 0 radical (unpaired) electrons. The molecule has 0 unspecified atom stereocenters. The van der Waals surface area contributed by atoms with Crippen LogP contribution < -0.4 is 5.32 Å². The highest BCUT2D eigenvalue weighted by molar-refractivity contribution is 5.97. The van der Waals surface area contributed by atoms with Crippen molar-refractivity contribution in [2.24, 2.45) is 0 Å². The number of nitrogens with one attached hydrogen (secondary N) is 1. The van der Waals surface area contributed by atoms with Crippen LogP contribution in [-0.2, 0) is 0 Å². The first-order valence-corrected chi connectivity index (χ1v) is 7.05. The summed E-state index contributed by atoms with van der Waals surface area (Å²) in [4.78, 5) is 12.3. The van der Waals surface area contributed by atoms with Crippen molar-refractivity contribution in [1.82, 2.24) is 5.32 Å². The van der Waals surface area contributed by atoms with Gasteiger partial charge in [0, 0.05) is 5.54 Å². The maximum Gasteiger partial charge on any atom is 0.255 e. The third-order valence-electron chi connectivity index (χ3n) is 4.32. The first kappa shape index (κ1) is 13.9. The molecule has 0 heterocycles. The molecule has 19 heavy (non-hydrogen) atoms. The monoisotopic (exact) mass is 261 g/mol. The van der Waals surface area contributed by atoms with E-state index in [0.717, 1.165) is 36.8 Å². The van der Waals surface area contributed by atoms with Gasteiger partial charge in [0.05, 0.1) is 5.56 Å². The average molecular weight is 261 g/mol. The predicted octanol–water partition coefficient (Wildman–Crippen LogP) is 3.46. The minimum absolute atomic E-state index is 0.108. The third-order valence-corrected chi connectivity index (χ3v) is 4.32. The molecule has 0 atom stereocenters. The Morgan fingerprint density at radius 2 is 1.84 bits per heavy atom. The van der Waals surface area contributed by atoms with Gasteiger partial charge in [-0.15, -0.1) is 0 Å². The van der Waals surface area contributed by atoms with E-state index in [1.165, 1.54) is 6.42 Å². The molecular weight excluding hydrogens is 238 g/mol. The molecule has 0 saturated heterocycles. The van der Waals surface area contributed by atoms with E-state index in [1.54, 1.807) is 6.07 Å². The lowest BCUT2D eigenvalue weighted by atomic mass is 9.83. The standard InChI is InChI=1S/C16H23NO2/c1-11-7-8-13(14(18)12(11)2)15(19)17-16(3)9-5-4-6-10-16/h7-8,18H,4-6,9-10H2,1-3H3,(H,17,19). The van der Waals surface area contributed by atoms with Gasteiger partial charge in [-0.25, -0.2) is 0 Å². The first-order valence-electron chi connectivity index (χ1n) is 7.05. The van der Waals surface area contributed by atoms with Crippen LogP contribution in [0.25, 0.3) is 0 Å². The maximum atomic E-state index is 12.3. The molecule has 0 bridgehead atoms. The molecule has 3 heteroatoms. The Morgan fingerprint density at radius 1 is 1.21 bits per heavy atom. The molecule has 0 aliphatic heterocycles. The molecule has 3 nitrogen and oxygen atoms in total. The number of phenols is 1. The number of aromatic hydroxyl groups is 1. The van der Waals surface area contributed by atoms with Crippen LogP contribution in [0.5, 0.6) is 5.75 Å². The fraction of sp³-hybridized carbons (Fsp3) is 0.562. The minimum atomic E-state index is -0.162. The van der Waals surface area contributed by atoms with Crippen LogP contribution in [0, 0.1) is 13.8 Å². The van der Waals surface area contributed by atoms with Crippen LogP contribution in [-0.4, -0.2) is 16.6 Å². The van der Waals surface area contributed by atoms with Crippen LogP contribution in [0.1, 0.15) is 60.5 Å². The number of carbonyl (C=O) groups excluding carboxylic acids is 1. The number of rotatable bonds is 2. The predicted molar refractivity (Wildman–Crippen MR) is 76.5 cm³/mol. The number of benzene rings is 1. The van der Waals surface area contributed by atoms with Crippen molar-refractivity contribution < 1.29 is 9.90 Å². The average Bonchev–Trinajstić information content (AvgIpc) is 2.36. The highest BCUT2D eigenvalue weighted by Gasteiger charge is 2.29. The number of amides is 1. The molecule has 1 saturated carbocycles. The van der Waals surface area contributed by atoms with Gasteiger partial charge in [-0.3, -0.25) is 4.79 Å². The Morgan fingerprint density at radius 3 is 2.47 bits per heavy atom. The number of aryl methyl sites for hydroxylation is 1. The molecule has 1 aliphatic rings. The second-order valence-electron chi connectivity index (χ2n) is 5.98. The van der Waals surface area contributed by atoms with Crippen molar-refractivity contribution in [3.8, 4) is 5.75 Å². The maximum absolute atomic E-state index is 12.3. The fourth-order valence-corrected chi connectivity index (χ4v) is 2.78. The number of phenolic OH excluding ortho intramolecular Hbond substituents is 1. The molecule has 2 N–H and O–H groups in total. The quantitative estimate of drug-likeness (QED) is 0.856. The molecule has 0 spiro atoms. The Balaban J connectivity index is 2.18. The molecular formula is C16H23NO2. The van der Waals surface area contributed by atoms with E-state index < -0.39 is 0 Å². The van der Waals surface area contributed by atoms with Gasteiger partial charge >= 0.3 is 0 Å². The van der Waals surface area contributed by atoms with Crippen LogP contribution in [0.2, 0.25) is 0 Å². The highest BCUT2D eigenvalue weighted by Crippen LogP contribution is 2.30. The largest absolute Gasteiger partial charge is 0.507 e. The Bertz CT molecular complexity index is 488. The number of carbonyl (C=O) groups is 1. The summed E-state index contributed by atoms with van der Waals surface area (Å²) < 4.78 is 0. The molecule has 2 rings (SSSR count). The molecule has 1 aromatic rings. The van der Waals surface area contributed by atoms with E-state index in [0.29, 0.717) is 5.56 Å². The SMILES string of the molecule is Cc1ccc(C(=O)NC2(C)CCCCC2)c(O)c1C. The lowest BCUT2D eigenvalue weighted by Gasteiger charge is -2.34. The topological polar surface area (TPSA) is 49.3 Å².